The molecular weight excluding hydrogens is 338 g/mol. The van der Waals surface area contributed by atoms with E-state index in [2.05, 4.69) is 15.5 Å². The van der Waals surface area contributed by atoms with Crippen LogP contribution in [0, 0.1) is 0 Å². The summed E-state index contributed by atoms with van der Waals surface area (Å²) in [5, 5.41) is 5.33. The van der Waals surface area contributed by atoms with Crippen LogP contribution in [0.5, 0.6) is 5.75 Å². The van der Waals surface area contributed by atoms with E-state index in [0.717, 1.165) is 16.7 Å². The van der Waals surface area contributed by atoms with Gasteiger partial charge in [0.1, 0.15) is 10.9 Å². The number of aromatic nitrogens is 1. The van der Waals surface area contributed by atoms with E-state index in [1.54, 1.807) is 13.3 Å². The van der Waals surface area contributed by atoms with Crippen molar-refractivity contribution in [3.05, 3.63) is 35.0 Å². The van der Waals surface area contributed by atoms with Gasteiger partial charge in [-0.15, -0.1) is 0 Å². The van der Waals surface area contributed by atoms with Crippen molar-refractivity contribution in [1.82, 2.24) is 10.4 Å². The van der Waals surface area contributed by atoms with E-state index < -0.39 is 9.84 Å². The van der Waals surface area contributed by atoms with Crippen LogP contribution in [0.15, 0.2) is 29.4 Å². The highest BCUT2D eigenvalue weighted by Gasteiger charge is 2.27. The summed E-state index contributed by atoms with van der Waals surface area (Å²) in [4.78, 5) is 4.32. The number of methoxy groups -OCH3 is 1. The molecule has 1 aliphatic heterocycles. The van der Waals surface area contributed by atoms with Gasteiger partial charge in [-0.2, -0.15) is 5.10 Å². The minimum Gasteiger partial charge on any atom is -0.497 e. The Morgan fingerprint density at radius 1 is 1.43 bits per heavy atom. The average molecular weight is 354 g/mol. The second-order valence-corrected chi connectivity index (χ2v) is 8.00. The molecule has 2 aromatic rings. The zero-order valence-electron chi connectivity index (χ0n) is 12.5. The van der Waals surface area contributed by atoms with Gasteiger partial charge in [-0.25, -0.2) is 13.4 Å². The fourth-order valence-corrected chi connectivity index (χ4v) is 4.33. The van der Waals surface area contributed by atoms with Crippen molar-refractivity contribution in [3.8, 4) is 5.75 Å². The Hall–Kier alpha value is -1.86. The molecule has 0 aliphatic carbocycles. The number of halogens is 1. The van der Waals surface area contributed by atoms with Crippen LogP contribution >= 0.6 is 11.6 Å². The predicted octanol–water partition coefficient (Wildman–Crippen LogP) is 2.01. The molecule has 8 heteroatoms. The first kappa shape index (κ1) is 16.0. The van der Waals surface area contributed by atoms with Gasteiger partial charge in [-0.1, -0.05) is 11.6 Å². The van der Waals surface area contributed by atoms with Crippen molar-refractivity contribution in [2.45, 2.75) is 12.5 Å². The molecule has 6 nitrogen and oxygen atoms in total. The fourth-order valence-electron chi connectivity index (χ4n) is 2.47. The van der Waals surface area contributed by atoms with Crippen LogP contribution in [0.25, 0.3) is 10.9 Å². The van der Waals surface area contributed by atoms with Gasteiger partial charge < -0.3 is 10.2 Å². The van der Waals surface area contributed by atoms with Crippen LogP contribution in [0.4, 0.5) is 0 Å². The summed E-state index contributed by atoms with van der Waals surface area (Å²) in [6, 6.07) is 7.24. The molecule has 1 saturated heterocycles. The lowest BCUT2D eigenvalue weighted by Crippen LogP contribution is -2.25. The number of hydrogen-bond donors (Lipinski definition) is 1. The standard InChI is InChI=1S/C15H16ClN3O3S/c1-22-13-2-3-14-10(7-13)6-11(15(16)18-14)8-17-19-12-4-5-23(20,21)9-12/h2-3,6-8,12,19H,4-5,9H2,1H3/b17-8-/t12-/m0/s1. The van der Waals surface area contributed by atoms with E-state index in [1.165, 1.54) is 0 Å². The Kier molecular flexibility index (Phi) is 4.41. The molecule has 1 atom stereocenters. The van der Waals surface area contributed by atoms with Gasteiger partial charge in [0, 0.05) is 10.9 Å². The molecule has 0 bridgehead atoms. The number of rotatable bonds is 4. The van der Waals surface area contributed by atoms with Crippen LogP contribution < -0.4 is 10.2 Å². The number of hydrazone groups is 1. The summed E-state index contributed by atoms with van der Waals surface area (Å²) in [7, 11) is -1.32. The van der Waals surface area contributed by atoms with Gasteiger partial charge in [0.2, 0.25) is 0 Å². The van der Waals surface area contributed by atoms with Crippen LogP contribution in [-0.2, 0) is 9.84 Å². The number of fused-ring (bicyclic) bond motifs is 1. The lowest BCUT2D eigenvalue weighted by Gasteiger charge is -2.07. The number of pyridine rings is 1. The fraction of sp³-hybridized carbons (Fsp3) is 0.333. The van der Waals surface area contributed by atoms with E-state index in [1.807, 2.05) is 24.3 Å². The molecule has 0 saturated carbocycles. The third-order valence-electron chi connectivity index (χ3n) is 3.70. The highest BCUT2D eigenvalue weighted by molar-refractivity contribution is 7.91. The zero-order chi connectivity index (χ0) is 16.4. The molecule has 23 heavy (non-hydrogen) atoms. The molecule has 2 heterocycles. The quantitative estimate of drug-likeness (QED) is 0.516. The van der Waals surface area contributed by atoms with Crippen molar-refractivity contribution < 1.29 is 13.2 Å². The van der Waals surface area contributed by atoms with E-state index >= 15 is 0 Å². The summed E-state index contributed by atoms with van der Waals surface area (Å²) in [6.07, 6.45) is 2.12. The normalized spacial score (nSPS) is 20.2. The summed E-state index contributed by atoms with van der Waals surface area (Å²) >= 11 is 6.16. The molecule has 0 unspecified atom stereocenters. The molecule has 0 radical (unpaired) electrons. The highest BCUT2D eigenvalue weighted by atomic mass is 35.5. The van der Waals surface area contributed by atoms with Crippen molar-refractivity contribution in [2.75, 3.05) is 18.6 Å². The molecule has 1 N–H and O–H groups in total. The molecular formula is C15H16ClN3O3S. The summed E-state index contributed by atoms with van der Waals surface area (Å²) in [6.45, 7) is 0. The van der Waals surface area contributed by atoms with Gasteiger partial charge in [-0.3, -0.25) is 0 Å². The molecule has 0 spiro atoms. The third kappa shape index (κ3) is 3.73. The number of sulfone groups is 1. The monoisotopic (exact) mass is 353 g/mol. The summed E-state index contributed by atoms with van der Waals surface area (Å²) in [5.41, 5.74) is 4.28. The van der Waals surface area contributed by atoms with Gasteiger partial charge in [-0.05, 0) is 30.7 Å². The second kappa shape index (κ2) is 6.33. The first-order valence-electron chi connectivity index (χ1n) is 7.10. The first-order chi connectivity index (χ1) is 11.0. The second-order valence-electron chi connectivity index (χ2n) is 5.41. The summed E-state index contributed by atoms with van der Waals surface area (Å²) in [5.74, 6) is 1.06. The molecule has 1 aromatic carbocycles. The van der Waals surface area contributed by atoms with Gasteiger partial charge in [0.15, 0.2) is 9.84 Å². The number of nitrogens with one attached hydrogen (secondary N) is 1. The topological polar surface area (TPSA) is 80.7 Å². The minimum absolute atomic E-state index is 0.116. The average Bonchev–Trinajstić information content (AvgIpc) is 2.86. The Labute approximate surface area is 139 Å². The van der Waals surface area contributed by atoms with Crippen molar-refractivity contribution in [2.24, 2.45) is 5.10 Å². The smallest absolute Gasteiger partial charge is 0.152 e. The van der Waals surface area contributed by atoms with Crippen LogP contribution in [0.1, 0.15) is 12.0 Å². The highest BCUT2D eigenvalue weighted by Crippen LogP contribution is 2.23. The molecule has 0 amide bonds. The van der Waals surface area contributed by atoms with E-state index in [9.17, 15) is 8.42 Å². The largest absolute Gasteiger partial charge is 0.497 e. The van der Waals surface area contributed by atoms with Crippen molar-refractivity contribution in [3.63, 3.8) is 0 Å². The van der Waals surface area contributed by atoms with E-state index in [0.29, 0.717) is 17.1 Å². The van der Waals surface area contributed by atoms with Crippen molar-refractivity contribution in [1.29, 1.82) is 0 Å². The Morgan fingerprint density at radius 2 is 2.26 bits per heavy atom. The Balaban J connectivity index is 1.79. The Bertz CT molecular complexity index is 868. The first-order valence-corrected chi connectivity index (χ1v) is 9.30. The van der Waals surface area contributed by atoms with E-state index in [-0.39, 0.29) is 17.5 Å². The lowest BCUT2D eigenvalue weighted by atomic mass is 10.1. The maximum atomic E-state index is 11.4. The number of nitrogens with zero attached hydrogens (tertiary/aromatic N) is 2. The number of ether oxygens (including phenoxy) is 1. The van der Waals surface area contributed by atoms with Gasteiger partial charge >= 0.3 is 0 Å². The summed E-state index contributed by atoms with van der Waals surface area (Å²) < 4.78 is 28.0. The predicted molar refractivity (Wildman–Crippen MR) is 91.1 cm³/mol. The van der Waals surface area contributed by atoms with Crippen LogP contribution in [0.2, 0.25) is 5.15 Å². The van der Waals surface area contributed by atoms with Crippen molar-refractivity contribution >= 4 is 38.6 Å². The zero-order valence-corrected chi connectivity index (χ0v) is 14.1. The number of benzene rings is 1. The minimum atomic E-state index is -2.92. The van der Waals surface area contributed by atoms with Crippen LogP contribution in [0.3, 0.4) is 0 Å². The third-order valence-corrected chi connectivity index (χ3v) is 5.77. The molecule has 122 valence electrons. The lowest BCUT2D eigenvalue weighted by molar-refractivity contribution is 0.415. The number of hydrogen-bond acceptors (Lipinski definition) is 6. The van der Waals surface area contributed by atoms with Gasteiger partial charge in [0.05, 0.1) is 36.4 Å². The van der Waals surface area contributed by atoms with Crippen LogP contribution in [-0.4, -0.2) is 44.3 Å². The molecule has 1 aliphatic rings. The van der Waals surface area contributed by atoms with E-state index in [4.69, 9.17) is 16.3 Å². The Morgan fingerprint density at radius 3 is 2.96 bits per heavy atom. The van der Waals surface area contributed by atoms with Gasteiger partial charge in [0.25, 0.3) is 0 Å². The molecule has 3 rings (SSSR count). The molecule has 1 aromatic heterocycles. The molecule has 1 fully saturated rings. The maximum absolute atomic E-state index is 11.4. The SMILES string of the molecule is COc1ccc2nc(Cl)c(/C=N\N[C@H]3CCS(=O)(=O)C3)cc2c1. The maximum Gasteiger partial charge on any atom is 0.152 e.